The minimum atomic E-state index is 0.425. The Hall–Kier alpha value is -2.07. The predicted octanol–water partition coefficient (Wildman–Crippen LogP) is 3.41. The maximum absolute atomic E-state index is 5.70. The van der Waals surface area contributed by atoms with Crippen LogP contribution in [-0.4, -0.2) is 19.1 Å². The SMILES string of the molecule is COc1ccccc1N(C)c1ccc(C(N)=S)c(C)c1. The van der Waals surface area contributed by atoms with Crippen LogP contribution in [0.3, 0.4) is 0 Å². The molecule has 0 aliphatic rings. The second kappa shape index (κ2) is 5.92. The Morgan fingerprint density at radius 2 is 1.90 bits per heavy atom. The number of aryl methyl sites for hydroxylation is 1. The molecule has 0 aliphatic carbocycles. The molecule has 20 heavy (non-hydrogen) atoms. The second-order valence-electron chi connectivity index (χ2n) is 4.59. The Morgan fingerprint density at radius 1 is 1.20 bits per heavy atom. The minimum Gasteiger partial charge on any atom is -0.495 e. The zero-order chi connectivity index (χ0) is 14.7. The van der Waals surface area contributed by atoms with Crippen molar-refractivity contribution in [3.63, 3.8) is 0 Å². The maximum atomic E-state index is 5.70. The van der Waals surface area contributed by atoms with Crippen molar-refractivity contribution in [2.24, 2.45) is 5.73 Å². The first-order valence-corrected chi connectivity index (χ1v) is 6.72. The Morgan fingerprint density at radius 3 is 2.50 bits per heavy atom. The number of hydrogen-bond acceptors (Lipinski definition) is 3. The topological polar surface area (TPSA) is 38.5 Å². The fourth-order valence-electron chi connectivity index (χ4n) is 2.18. The van der Waals surface area contributed by atoms with E-state index >= 15 is 0 Å². The fourth-order valence-corrected chi connectivity index (χ4v) is 2.41. The number of nitrogens with zero attached hydrogens (tertiary/aromatic N) is 1. The summed E-state index contributed by atoms with van der Waals surface area (Å²) in [5.74, 6) is 0.839. The van der Waals surface area contributed by atoms with Crippen LogP contribution in [0.1, 0.15) is 11.1 Å². The van der Waals surface area contributed by atoms with E-state index in [-0.39, 0.29) is 0 Å². The number of rotatable bonds is 4. The summed E-state index contributed by atoms with van der Waals surface area (Å²) in [6, 6.07) is 14.0. The average molecular weight is 286 g/mol. The lowest BCUT2D eigenvalue weighted by Crippen LogP contribution is -2.14. The van der Waals surface area contributed by atoms with E-state index in [1.807, 2.05) is 50.4 Å². The van der Waals surface area contributed by atoms with E-state index in [1.54, 1.807) is 7.11 Å². The van der Waals surface area contributed by atoms with Crippen LogP contribution in [0.5, 0.6) is 5.75 Å². The molecule has 0 bridgehead atoms. The number of thiocarbonyl (C=S) groups is 1. The number of para-hydroxylation sites is 2. The van der Waals surface area contributed by atoms with Gasteiger partial charge >= 0.3 is 0 Å². The van der Waals surface area contributed by atoms with Crippen molar-refractivity contribution in [3.05, 3.63) is 53.6 Å². The van der Waals surface area contributed by atoms with Gasteiger partial charge in [0.05, 0.1) is 12.8 Å². The first-order chi connectivity index (χ1) is 9.54. The van der Waals surface area contributed by atoms with Gasteiger partial charge in [0.25, 0.3) is 0 Å². The summed E-state index contributed by atoms with van der Waals surface area (Å²) in [5.41, 5.74) is 9.75. The standard InChI is InChI=1S/C16H18N2OS/c1-11-10-12(8-9-13(11)16(17)20)18(2)14-6-4-5-7-15(14)19-3/h4-10H,1-3H3,(H2,17,20). The molecule has 0 fully saturated rings. The summed E-state index contributed by atoms with van der Waals surface area (Å²) in [6.07, 6.45) is 0. The Kier molecular flexibility index (Phi) is 4.25. The third-order valence-corrected chi connectivity index (χ3v) is 3.53. The van der Waals surface area contributed by atoms with E-state index in [2.05, 4.69) is 11.0 Å². The number of ether oxygens (including phenoxy) is 1. The normalized spacial score (nSPS) is 10.2. The Balaban J connectivity index is 2.41. The average Bonchev–Trinajstić information content (AvgIpc) is 2.45. The highest BCUT2D eigenvalue weighted by atomic mass is 32.1. The van der Waals surface area contributed by atoms with Gasteiger partial charge < -0.3 is 15.4 Å². The Labute approximate surface area is 125 Å². The third kappa shape index (κ3) is 2.75. The van der Waals surface area contributed by atoms with Gasteiger partial charge in [-0.2, -0.15) is 0 Å². The number of nitrogens with two attached hydrogens (primary N) is 1. The highest BCUT2D eigenvalue weighted by Gasteiger charge is 2.11. The molecule has 0 atom stereocenters. The summed E-state index contributed by atoms with van der Waals surface area (Å²) < 4.78 is 5.40. The Bertz CT molecular complexity index is 640. The van der Waals surface area contributed by atoms with Gasteiger partial charge in [-0.1, -0.05) is 24.4 Å². The fraction of sp³-hybridized carbons (Fsp3) is 0.188. The van der Waals surface area contributed by atoms with Gasteiger partial charge in [-0.25, -0.2) is 0 Å². The van der Waals surface area contributed by atoms with Gasteiger partial charge in [0.15, 0.2) is 0 Å². The molecule has 2 N–H and O–H groups in total. The molecule has 0 saturated carbocycles. The van der Waals surface area contributed by atoms with E-state index in [9.17, 15) is 0 Å². The van der Waals surface area contributed by atoms with Crippen molar-refractivity contribution < 1.29 is 4.74 Å². The maximum Gasteiger partial charge on any atom is 0.142 e. The molecule has 0 unspecified atom stereocenters. The molecule has 0 amide bonds. The van der Waals surface area contributed by atoms with Crippen LogP contribution in [0.2, 0.25) is 0 Å². The highest BCUT2D eigenvalue weighted by Crippen LogP contribution is 2.32. The quantitative estimate of drug-likeness (QED) is 0.874. The number of anilines is 2. The summed E-state index contributed by atoms with van der Waals surface area (Å²) in [6.45, 7) is 2.01. The van der Waals surface area contributed by atoms with Crippen molar-refractivity contribution in [2.75, 3.05) is 19.1 Å². The lowest BCUT2D eigenvalue weighted by atomic mass is 10.1. The summed E-state index contributed by atoms with van der Waals surface area (Å²) >= 11 is 5.04. The van der Waals surface area contributed by atoms with E-state index in [4.69, 9.17) is 22.7 Å². The molecular weight excluding hydrogens is 268 g/mol. The van der Waals surface area contributed by atoms with Crippen molar-refractivity contribution in [1.82, 2.24) is 0 Å². The molecule has 4 heteroatoms. The third-order valence-electron chi connectivity index (χ3n) is 3.31. The molecule has 0 aromatic heterocycles. The van der Waals surface area contributed by atoms with Gasteiger partial charge in [-0.05, 0) is 42.8 Å². The minimum absolute atomic E-state index is 0.425. The molecular formula is C16H18N2OS. The molecule has 0 spiro atoms. The predicted molar refractivity (Wildman–Crippen MR) is 88.1 cm³/mol. The second-order valence-corrected chi connectivity index (χ2v) is 5.03. The van der Waals surface area contributed by atoms with Crippen LogP contribution < -0.4 is 15.4 Å². The monoisotopic (exact) mass is 286 g/mol. The van der Waals surface area contributed by atoms with Crippen molar-refractivity contribution in [1.29, 1.82) is 0 Å². The zero-order valence-corrected chi connectivity index (χ0v) is 12.7. The first-order valence-electron chi connectivity index (χ1n) is 6.31. The number of benzene rings is 2. The van der Waals surface area contributed by atoms with Gasteiger partial charge in [-0.3, -0.25) is 0 Å². The van der Waals surface area contributed by atoms with Crippen molar-refractivity contribution in [3.8, 4) is 5.75 Å². The molecule has 0 aliphatic heterocycles. The van der Waals surface area contributed by atoms with Crippen LogP contribution in [-0.2, 0) is 0 Å². The highest BCUT2D eigenvalue weighted by molar-refractivity contribution is 7.80. The van der Waals surface area contributed by atoms with Crippen molar-refractivity contribution in [2.45, 2.75) is 6.92 Å². The lowest BCUT2D eigenvalue weighted by molar-refractivity contribution is 0.415. The number of methoxy groups -OCH3 is 1. The largest absolute Gasteiger partial charge is 0.495 e. The molecule has 0 radical (unpaired) electrons. The van der Waals surface area contributed by atoms with Crippen LogP contribution in [0.15, 0.2) is 42.5 Å². The van der Waals surface area contributed by atoms with E-state index < -0.39 is 0 Å². The van der Waals surface area contributed by atoms with E-state index in [0.29, 0.717) is 4.99 Å². The smallest absolute Gasteiger partial charge is 0.142 e. The zero-order valence-electron chi connectivity index (χ0n) is 11.9. The molecule has 2 aromatic rings. The molecule has 0 saturated heterocycles. The van der Waals surface area contributed by atoms with Gasteiger partial charge in [0, 0.05) is 18.3 Å². The summed E-state index contributed by atoms with van der Waals surface area (Å²) in [5, 5.41) is 0. The van der Waals surface area contributed by atoms with E-state index in [1.165, 1.54) is 0 Å². The molecule has 104 valence electrons. The van der Waals surface area contributed by atoms with Crippen LogP contribution >= 0.6 is 12.2 Å². The summed E-state index contributed by atoms with van der Waals surface area (Å²) in [7, 11) is 3.68. The van der Waals surface area contributed by atoms with Crippen LogP contribution in [0, 0.1) is 6.92 Å². The van der Waals surface area contributed by atoms with E-state index in [0.717, 1.165) is 28.3 Å². The number of hydrogen-bond donors (Lipinski definition) is 1. The summed E-state index contributed by atoms with van der Waals surface area (Å²) in [4.78, 5) is 2.50. The van der Waals surface area contributed by atoms with Crippen LogP contribution in [0.25, 0.3) is 0 Å². The van der Waals surface area contributed by atoms with Gasteiger partial charge in [0.1, 0.15) is 10.7 Å². The molecule has 3 nitrogen and oxygen atoms in total. The van der Waals surface area contributed by atoms with Crippen LogP contribution in [0.4, 0.5) is 11.4 Å². The van der Waals surface area contributed by atoms with Gasteiger partial charge in [-0.15, -0.1) is 0 Å². The van der Waals surface area contributed by atoms with Gasteiger partial charge in [0.2, 0.25) is 0 Å². The molecule has 2 aromatic carbocycles. The molecule has 2 rings (SSSR count). The lowest BCUT2D eigenvalue weighted by Gasteiger charge is -2.22. The first kappa shape index (κ1) is 14.3. The molecule has 0 heterocycles. The van der Waals surface area contributed by atoms with Crippen molar-refractivity contribution >= 4 is 28.6 Å².